The summed E-state index contributed by atoms with van der Waals surface area (Å²) in [5, 5.41) is 0. The van der Waals surface area contributed by atoms with Gasteiger partial charge in [-0.05, 0) is 17.4 Å². The number of hydrogen-bond acceptors (Lipinski definition) is 2. The molecule has 0 aliphatic heterocycles. The number of hydrogen-bond donors (Lipinski definition) is 0. The van der Waals surface area contributed by atoms with Gasteiger partial charge in [-0.1, -0.05) is 50.6 Å². The van der Waals surface area contributed by atoms with Crippen molar-refractivity contribution in [2.45, 2.75) is 32.6 Å². The Labute approximate surface area is 97.6 Å². The molecule has 1 aromatic rings. The van der Waals surface area contributed by atoms with E-state index in [1.807, 2.05) is 18.2 Å². The maximum absolute atomic E-state index is 11.3. The first kappa shape index (κ1) is 12.8. The molecule has 0 aromatic heterocycles. The van der Waals surface area contributed by atoms with E-state index in [4.69, 9.17) is 4.74 Å². The molecular formula is C14H20O2. The zero-order valence-electron chi connectivity index (χ0n) is 10.3. The van der Waals surface area contributed by atoms with Gasteiger partial charge in [0, 0.05) is 6.42 Å². The molecule has 2 nitrogen and oxygen atoms in total. The van der Waals surface area contributed by atoms with Crippen LogP contribution in [0.3, 0.4) is 0 Å². The third-order valence-corrected chi connectivity index (χ3v) is 3.21. The van der Waals surface area contributed by atoms with Gasteiger partial charge in [-0.2, -0.15) is 0 Å². The molecule has 0 aliphatic carbocycles. The normalized spacial score (nSPS) is 14.2. The van der Waals surface area contributed by atoms with Crippen molar-refractivity contribution in [2.75, 3.05) is 7.11 Å². The van der Waals surface area contributed by atoms with Gasteiger partial charge in [-0.25, -0.2) is 0 Å². The zero-order chi connectivity index (χ0) is 12.0. The van der Waals surface area contributed by atoms with Crippen molar-refractivity contribution >= 4 is 5.97 Å². The summed E-state index contributed by atoms with van der Waals surface area (Å²) in [4.78, 5) is 11.3. The highest BCUT2D eigenvalue weighted by atomic mass is 16.5. The minimum Gasteiger partial charge on any atom is -0.469 e. The molecule has 0 bridgehead atoms. The van der Waals surface area contributed by atoms with Crippen LogP contribution in [0.5, 0.6) is 0 Å². The lowest BCUT2D eigenvalue weighted by Gasteiger charge is -2.22. The molecule has 0 amide bonds. The molecule has 0 aliphatic rings. The highest BCUT2D eigenvalue weighted by molar-refractivity contribution is 5.69. The number of rotatable bonds is 5. The molecule has 0 radical (unpaired) electrons. The second-order valence-corrected chi connectivity index (χ2v) is 4.15. The molecule has 0 heterocycles. The van der Waals surface area contributed by atoms with Crippen LogP contribution < -0.4 is 0 Å². The quantitative estimate of drug-likeness (QED) is 0.711. The van der Waals surface area contributed by atoms with E-state index in [1.54, 1.807) is 0 Å². The predicted molar refractivity (Wildman–Crippen MR) is 65.3 cm³/mol. The van der Waals surface area contributed by atoms with Crippen molar-refractivity contribution in [3.8, 4) is 0 Å². The number of methoxy groups -OCH3 is 1. The number of carbonyl (C=O) groups is 1. The lowest BCUT2D eigenvalue weighted by atomic mass is 9.84. The summed E-state index contributed by atoms with van der Waals surface area (Å²) in [5.41, 5.74) is 1.29. The fraction of sp³-hybridized carbons (Fsp3) is 0.500. The Morgan fingerprint density at radius 2 is 1.94 bits per heavy atom. The van der Waals surface area contributed by atoms with Crippen LogP contribution in [0.15, 0.2) is 30.3 Å². The molecule has 0 N–H and O–H groups in total. The summed E-state index contributed by atoms with van der Waals surface area (Å²) in [7, 11) is 1.45. The van der Waals surface area contributed by atoms with Gasteiger partial charge in [-0.3, -0.25) is 4.79 Å². The summed E-state index contributed by atoms with van der Waals surface area (Å²) < 4.78 is 4.73. The largest absolute Gasteiger partial charge is 0.469 e. The van der Waals surface area contributed by atoms with Crippen LogP contribution in [0, 0.1) is 5.92 Å². The van der Waals surface area contributed by atoms with E-state index in [0.29, 0.717) is 18.3 Å². The summed E-state index contributed by atoms with van der Waals surface area (Å²) >= 11 is 0. The Hall–Kier alpha value is -1.31. The van der Waals surface area contributed by atoms with Gasteiger partial charge >= 0.3 is 5.97 Å². The van der Waals surface area contributed by atoms with Crippen molar-refractivity contribution < 1.29 is 9.53 Å². The van der Waals surface area contributed by atoms with E-state index >= 15 is 0 Å². The van der Waals surface area contributed by atoms with Crippen LogP contribution in [0.1, 0.15) is 38.2 Å². The molecule has 1 rings (SSSR count). The fourth-order valence-electron chi connectivity index (χ4n) is 2.00. The first-order valence-electron chi connectivity index (χ1n) is 5.80. The Bertz CT molecular complexity index is 319. The second-order valence-electron chi connectivity index (χ2n) is 4.15. The zero-order valence-corrected chi connectivity index (χ0v) is 10.3. The Morgan fingerprint density at radius 1 is 1.31 bits per heavy atom. The first-order chi connectivity index (χ1) is 7.69. The van der Waals surface area contributed by atoms with Crippen LogP contribution in [0.25, 0.3) is 0 Å². The Kier molecular flexibility index (Phi) is 5.03. The number of esters is 1. The van der Waals surface area contributed by atoms with Crippen molar-refractivity contribution in [1.82, 2.24) is 0 Å². The van der Waals surface area contributed by atoms with Gasteiger partial charge in [0.2, 0.25) is 0 Å². The molecule has 1 aromatic carbocycles. The molecule has 0 fully saturated rings. The maximum Gasteiger partial charge on any atom is 0.305 e. The van der Waals surface area contributed by atoms with Crippen LogP contribution in [-0.4, -0.2) is 13.1 Å². The molecule has 2 heteroatoms. The number of ether oxygens (including phenoxy) is 1. The van der Waals surface area contributed by atoms with E-state index in [1.165, 1.54) is 12.7 Å². The van der Waals surface area contributed by atoms with Crippen LogP contribution in [0.2, 0.25) is 0 Å². The highest BCUT2D eigenvalue weighted by Gasteiger charge is 2.20. The van der Waals surface area contributed by atoms with E-state index in [-0.39, 0.29) is 5.97 Å². The van der Waals surface area contributed by atoms with Crippen LogP contribution >= 0.6 is 0 Å². The SMILES string of the molecule is CC[C@@H](CC(=O)OC)[C@H](C)c1ccccc1. The number of benzene rings is 1. The van der Waals surface area contributed by atoms with Crippen LogP contribution in [0.4, 0.5) is 0 Å². The summed E-state index contributed by atoms with van der Waals surface area (Å²) in [6.07, 6.45) is 1.49. The van der Waals surface area contributed by atoms with Crippen molar-refractivity contribution in [2.24, 2.45) is 5.92 Å². The predicted octanol–water partition coefficient (Wildman–Crippen LogP) is 3.38. The summed E-state index contributed by atoms with van der Waals surface area (Å²) in [6, 6.07) is 10.3. The minimum atomic E-state index is -0.116. The molecule has 0 saturated carbocycles. The smallest absolute Gasteiger partial charge is 0.305 e. The fourth-order valence-corrected chi connectivity index (χ4v) is 2.00. The van der Waals surface area contributed by atoms with E-state index in [2.05, 4.69) is 26.0 Å². The number of carbonyl (C=O) groups excluding carboxylic acids is 1. The average Bonchev–Trinajstić information content (AvgIpc) is 2.35. The Morgan fingerprint density at radius 3 is 2.44 bits per heavy atom. The third-order valence-electron chi connectivity index (χ3n) is 3.21. The molecule has 16 heavy (non-hydrogen) atoms. The topological polar surface area (TPSA) is 26.3 Å². The molecule has 0 unspecified atom stereocenters. The highest BCUT2D eigenvalue weighted by Crippen LogP contribution is 2.29. The molecule has 0 saturated heterocycles. The van der Waals surface area contributed by atoms with Gasteiger partial charge in [0.1, 0.15) is 0 Å². The maximum atomic E-state index is 11.3. The second kappa shape index (κ2) is 6.31. The monoisotopic (exact) mass is 220 g/mol. The molecule has 0 spiro atoms. The van der Waals surface area contributed by atoms with E-state index in [0.717, 1.165) is 6.42 Å². The summed E-state index contributed by atoms with van der Waals surface area (Å²) in [5.74, 6) is 0.634. The first-order valence-corrected chi connectivity index (χ1v) is 5.80. The lowest BCUT2D eigenvalue weighted by molar-refractivity contribution is -0.141. The van der Waals surface area contributed by atoms with Gasteiger partial charge < -0.3 is 4.74 Å². The van der Waals surface area contributed by atoms with Crippen LogP contribution in [-0.2, 0) is 9.53 Å². The van der Waals surface area contributed by atoms with E-state index in [9.17, 15) is 4.79 Å². The summed E-state index contributed by atoms with van der Waals surface area (Å²) in [6.45, 7) is 4.29. The van der Waals surface area contributed by atoms with E-state index < -0.39 is 0 Å². The third kappa shape index (κ3) is 3.37. The Balaban J connectivity index is 2.70. The molecule has 2 atom stereocenters. The van der Waals surface area contributed by atoms with Gasteiger partial charge in [0.05, 0.1) is 7.11 Å². The minimum absolute atomic E-state index is 0.116. The van der Waals surface area contributed by atoms with Crippen molar-refractivity contribution in [1.29, 1.82) is 0 Å². The average molecular weight is 220 g/mol. The van der Waals surface area contributed by atoms with Crippen molar-refractivity contribution in [3.63, 3.8) is 0 Å². The standard InChI is InChI=1S/C14H20O2/c1-4-12(10-14(15)16-3)11(2)13-8-6-5-7-9-13/h5-9,11-12H,4,10H2,1-3H3/t11-,12-/m0/s1. The van der Waals surface area contributed by atoms with Gasteiger partial charge in [0.25, 0.3) is 0 Å². The van der Waals surface area contributed by atoms with Gasteiger partial charge in [0.15, 0.2) is 0 Å². The van der Waals surface area contributed by atoms with Gasteiger partial charge in [-0.15, -0.1) is 0 Å². The molecule has 88 valence electrons. The lowest BCUT2D eigenvalue weighted by Crippen LogP contribution is -2.15. The molecular weight excluding hydrogens is 200 g/mol. The van der Waals surface area contributed by atoms with Crippen molar-refractivity contribution in [3.05, 3.63) is 35.9 Å².